The summed E-state index contributed by atoms with van der Waals surface area (Å²) < 4.78 is 0. The molecule has 0 fully saturated rings. The van der Waals surface area contributed by atoms with Crippen molar-refractivity contribution in [3.05, 3.63) is 58.9 Å². The summed E-state index contributed by atoms with van der Waals surface area (Å²) in [6, 6.07) is 9.09. The fourth-order valence-corrected chi connectivity index (χ4v) is 2.77. The molecule has 0 saturated carbocycles. The molecule has 0 bridgehead atoms. The molecule has 0 saturated heterocycles. The molecule has 2 amide bonds. The molecular weight excluding hydrogens is 340 g/mol. The number of nitrogens with one attached hydrogen (secondary N) is 2. The van der Waals surface area contributed by atoms with Gasteiger partial charge in [-0.05, 0) is 63.7 Å². The molecule has 0 aliphatic heterocycles. The highest BCUT2D eigenvalue weighted by atomic mass is 16.2. The minimum Gasteiger partial charge on any atom is -0.351 e. The number of carbonyl (C=O) groups excluding carboxylic acids is 2. The fraction of sp³-hybridized carbons (Fsp3) is 0.381. The first-order chi connectivity index (χ1) is 12.9. The van der Waals surface area contributed by atoms with E-state index < -0.39 is 0 Å². The van der Waals surface area contributed by atoms with Crippen LogP contribution in [-0.2, 0) is 6.42 Å². The maximum atomic E-state index is 12.7. The zero-order chi connectivity index (χ0) is 19.8. The summed E-state index contributed by atoms with van der Waals surface area (Å²) in [6.07, 6.45) is 3.17. The molecule has 144 valence electrons. The lowest BCUT2D eigenvalue weighted by molar-refractivity contribution is 0.0947. The molecule has 0 radical (unpaired) electrons. The molecule has 6 heteroatoms. The van der Waals surface area contributed by atoms with Gasteiger partial charge < -0.3 is 15.5 Å². The van der Waals surface area contributed by atoms with Crippen molar-refractivity contribution in [3.8, 4) is 0 Å². The number of nitrogens with zero attached hydrogens (tertiary/aromatic N) is 2. The Morgan fingerprint density at radius 3 is 2.63 bits per heavy atom. The summed E-state index contributed by atoms with van der Waals surface area (Å²) in [7, 11) is 3.98. The van der Waals surface area contributed by atoms with Crippen LogP contribution in [0.25, 0.3) is 0 Å². The summed E-state index contributed by atoms with van der Waals surface area (Å²) in [4.78, 5) is 31.1. The van der Waals surface area contributed by atoms with Gasteiger partial charge in [0.25, 0.3) is 11.8 Å². The molecule has 1 heterocycles. The van der Waals surface area contributed by atoms with E-state index in [4.69, 9.17) is 0 Å². The highest BCUT2D eigenvalue weighted by Gasteiger charge is 2.14. The molecule has 1 aromatic heterocycles. The topological polar surface area (TPSA) is 74.3 Å². The Morgan fingerprint density at radius 1 is 1.15 bits per heavy atom. The van der Waals surface area contributed by atoms with Crippen LogP contribution in [0.15, 0.2) is 36.5 Å². The van der Waals surface area contributed by atoms with Crippen molar-refractivity contribution < 1.29 is 9.59 Å². The van der Waals surface area contributed by atoms with Gasteiger partial charge in [0.05, 0.1) is 0 Å². The third-order valence-corrected chi connectivity index (χ3v) is 4.30. The van der Waals surface area contributed by atoms with Crippen molar-refractivity contribution in [2.75, 3.05) is 32.5 Å². The van der Waals surface area contributed by atoms with Crippen LogP contribution < -0.4 is 10.6 Å². The summed E-state index contributed by atoms with van der Waals surface area (Å²) in [5.41, 5.74) is 3.57. The number of aromatic nitrogens is 1. The third kappa shape index (κ3) is 5.89. The second-order valence-corrected chi connectivity index (χ2v) is 6.76. The van der Waals surface area contributed by atoms with Crippen molar-refractivity contribution in [1.29, 1.82) is 0 Å². The molecule has 0 unspecified atom stereocenters. The largest absolute Gasteiger partial charge is 0.351 e. The number of para-hydroxylation sites is 1. The van der Waals surface area contributed by atoms with Gasteiger partial charge in [0.1, 0.15) is 5.69 Å². The lowest BCUT2D eigenvalue weighted by Crippen LogP contribution is -2.28. The number of aryl methyl sites for hydroxylation is 2. The monoisotopic (exact) mass is 368 g/mol. The first kappa shape index (κ1) is 20.6. The maximum absolute atomic E-state index is 12.7. The number of carbonyl (C=O) groups is 2. The van der Waals surface area contributed by atoms with E-state index in [1.54, 1.807) is 6.07 Å². The van der Waals surface area contributed by atoms with Crippen LogP contribution >= 0.6 is 0 Å². The smallest absolute Gasteiger partial charge is 0.269 e. The highest BCUT2D eigenvalue weighted by molar-refractivity contribution is 6.06. The minimum absolute atomic E-state index is 0.244. The molecule has 2 rings (SSSR count). The molecule has 1 aromatic carbocycles. The number of amides is 2. The standard InChI is InChI=1S/C21H28N4O2/c1-5-16-9-6-8-15(2)19(16)24-20(26)17-10-12-22-18(14-17)21(27)23-11-7-13-25(3)4/h6,8-10,12,14H,5,7,11,13H2,1-4H3,(H,23,27)(H,24,26). The van der Waals surface area contributed by atoms with Gasteiger partial charge in [0, 0.05) is 24.0 Å². The normalized spacial score (nSPS) is 10.7. The van der Waals surface area contributed by atoms with Gasteiger partial charge in [-0.1, -0.05) is 25.1 Å². The summed E-state index contributed by atoms with van der Waals surface area (Å²) >= 11 is 0. The summed E-state index contributed by atoms with van der Waals surface area (Å²) in [5, 5.41) is 5.81. The second-order valence-electron chi connectivity index (χ2n) is 6.76. The number of hydrogen-bond donors (Lipinski definition) is 2. The number of benzene rings is 1. The zero-order valence-electron chi connectivity index (χ0n) is 16.5. The van der Waals surface area contributed by atoms with Gasteiger partial charge in [0.15, 0.2) is 0 Å². The van der Waals surface area contributed by atoms with E-state index in [9.17, 15) is 9.59 Å². The van der Waals surface area contributed by atoms with Crippen molar-refractivity contribution >= 4 is 17.5 Å². The number of rotatable bonds is 8. The highest BCUT2D eigenvalue weighted by Crippen LogP contribution is 2.22. The minimum atomic E-state index is -0.270. The van der Waals surface area contributed by atoms with Gasteiger partial charge in [-0.2, -0.15) is 0 Å². The van der Waals surface area contributed by atoms with Crippen molar-refractivity contribution in [2.24, 2.45) is 0 Å². The van der Waals surface area contributed by atoms with E-state index in [0.29, 0.717) is 12.1 Å². The third-order valence-electron chi connectivity index (χ3n) is 4.30. The maximum Gasteiger partial charge on any atom is 0.269 e. The molecule has 0 atom stereocenters. The van der Waals surface area contributed by atoms with Crippen LogP contribution in [0.2, 0.25) is 0 Å². The van der Waals surface area contributed by atoms with E-state index in [-0.39, 0.29) is 17.5 Å². The quantitative estimate of drug-likeness (QED) is 0.703. The van der Waals surface area contributed by atoms with Gasteiger partial charge in [-0.3, -0.25) is 14.6 Å². The Kier molecular flexibility index (Phi) is 7.49. The fourth-order valence-electron chi connectivity index (χ4n) is 2.77. The van der Waals surface area contributed by atoms with Crippen molar-refractivity contribution in [1.82, 2.24) is 15.2 Å². The lowest BCUT2D eigenvalue weighted by atomic mass is 10.1. The first-order valence-corrected chi connectivity index (χ1v) is 9.21. The Bertz CT molecular complexity index is 803. The molecule has 0 aliphatic rings. The van der Waals surface area contributed by atoms with E-state index in [0.717, 1.165) is 36.2 Å². The van der Waals surface area contributed by atoms with Crippen molar-refractivity contribution in [2.45, 2.75) is 26.7 Å². The van der Waals surface area contributed by atoms with E-state index in [2.05, 4.69) is 27.4 Å². The Balaban J connectivity index is 2.06. The van der Waals surface area contributed by atoms with Crippen LogP contribution in [-0.4, -0.2) is 48.9 Å². The van der Waals surface area contributed by atoms with E-state index in [1.165, 1.54) is 12.3 Å². The van der Waals surface area contributed by atoms with Gasteiger partial charge in [0.2, 0.25) is 0 Å². The molecule has 2 N–H and O–H groups in total. The number of anilines is 1. The van der Waals surface area contributed by atoms with E-state index >= 15 is 0 Å². The van der Waals surface area contributed by atoms with Crippen LogP contribution in [0.5, 0.6) is 0 Å². The number of hydrogen-bond acceptors (Lipinski definition) is 4. The molecular formula is C21H28N4O2. The van der Waals surface area contributed by atoms with E-state index in [1.807, 2.05) is 39.2 Å². The SMILES string of the molecule is CCc1cccc(C)c1NC(=O)c1ccnc(C(=O)NCCCN(C)C)c1. The summed E-state index contributed by atoms with van der Waals surface area (Å²) in [6.45, 7) is 5.48. The van der Waals surface area contributed by atoms with Gasteiger partial charge in [-0.15, -0.1) is 0 Å². The Morgan fingerprint density at radius 2 is 1.93 bits per heavy atom. The van der Waals surface area contributed by atoms with Crippen LogP contribution in [0.4, 0.5) is 5.69 Å². The average molecular weight is 368 g/mol. The molecule has 6 nitrogen and oxygen atoms in total. The summed E-state index contributed by atoms with van der Waals surface area (Å²) in [5.74, 6) is -0.517. The molecule has 0 aliphatic carbocycles. The van der Waals surface area contributed by atoms with Gasteiger partial charge >= 0.3 is 0 Å². The van der Waals surface area contributed by atoms with Crippen LogP contribution in [0, 0.1) is 6.92 Å². The predicted octanol–water partition coefficient (Wildman–Crippen LogP) is 2.89. The zero-order valence-corrected chi connectivity index (χ0v) is 16.5. The lowest BCUT2D eigenvalue weighted by Gasteiger charge is -2.13. The molecule has 27 heavy (non-hydrogen) atoms. The average Bonchev–Trinajstić information content (AvgIpc) is 2.66. The predicted molar refractivity (Wildman–Crippen MR) is 108 cm³/mol. The van der Waals surface area contributed by atoms with Crippen LogP contribution in [0.1, 0.15) is 45.3 Å². The van der Waals surface area contributed by atoms with Crippen molar-refractivity contribution in [3.63, 3.8) is 0 Å². The molecule has 0 spiro atoms. The first-order valence-electron chi connectivity index (χ1n) is 9.21. The Hall–Kier alpha value is -2.73. The molecule has 2 aromatic rings. The Labute approximate surface area is 161 Å². The number of pyridine rings is 1. The van der Waals surface area contributed by atoms with Gasteiger partial charge in [-0.25, -0.2) is 0 Å². The van der Waals surface area contributed by atoms with Crippen LogP contribution in [0.3, 0.4) is 0 Å². The second kappa shape index (κ2) is 9.83.